The molecule has 0 atom stereocenters. The van der Waals surface area contributed by atoms with Crippen LogP contribution in [0.2, 0.25) is 0 Å². The van der Waals surface area contributed by atoms with Crippen molar-refractivity contribution in [1.82, 2.24) is 4.90 Å². The lowest BCUT2D eigenvalue weighted by Crippen LogP contribution is -2.24. The van der Waals surface area contributed by atoms with Crippen molar-refractivity contribution in [2.45, 2.75) is 32.0 Å². The lowest BCUT2D eigenvalue weighted by atomic mass is 10.3. The summed E-state index contributed by atoms with van der Waals surface area (Å²) in [5, 5.41) is 0. The van der Waals surface area contributed by atoms with Crippen LogP contribution in [0.4, 0.5) is 0 Å². The van der Waals surface area contributed by atoms with Crippen LogP contribution in [0.5, 0.6) is 0 Å². The van der Waals surface area contributed by atoms with E-state index in [2.05, 4.69) is 23.6 Å². The molecule has 0 unspecified atom stereocenters. The van der Waals surface area contributed by atoms with Crippen LogP contribution in [-0.4, -0.2) is 17.5 Å². The van der Waals surface area contributed by atoms with Gasteiger partial charge in [-0.15, -0.1) is 17.9 Å². The van der Waals surface area contributed by atoms with Crippen molar-refractivity contribution in [3.8, 4) is 0 Å². The van der Waals surface area contributed by atoms with Crippen LogP contribution >= 0.6 is 11.3 Å². The van der Waals surface area contributed by atoms with Gasteiger partial charge >= 0.3 is 0 Å². The predicted octanol–water partition coefficient (Wildman–Crippen LogP) is 2.36. The lowest BCUT2D eigenvalue weighted by Gasteiger charge is -2.18. The Morgan fingerprint density at radius 2 is 2.20 bits per heavy atom. The van der Waals surface area contributed by atoms with Gasteiger partial charge in [-0.2, -0.15) is 0 Å². The highest BCUT2D eigenvalue weighted by Gasteiger charge is 2.28. The van der Waals surface area contributed by atoms with Crippen LogP contribution in [-0.2, 0) is 13.1 Å². The molecule has 0 amide bonds. The van der Waals surface area contributed by atoms with Crippen molar-refractivity contribution in [2.75, 3.05) is 6.54 Å². The summed E-state index contributed by atoms with van der Waals surface area (Å²) in [6.45, 7) is 6.54. The topological polar surface area (TPSA) is 29.3 Å². The zero-order valence-corrected chi connectivity index (χ0v) is 9.80. The van der Waals surface area contributed by atoms with Gasteiger partial charge in [-0.1, -0.05) is 6.08 Å². The zero-order valence-electron chi connectivity index (χ0n) is 8.98. The number of nitrogens with zero attached hydrogens (tertiary/aromatic N) is 1. The van der Waals surface area contributed by atoms with E-state index in [9.17, 15) is 0 Å². The first-order valence-electron chi connectivity index (χ1n) is 5.46. The molecule has 1 aromatic rings. The molecule has 2 rings (SSSR count). The van der Waals surface area contributed by atoms with E-state index in [0.29, 0.717) is 6.54 Å². The molecule has 1 heterocycles. The molecule has 3 heteroatoms. The van der Waals surface area contributed by atoms with Crippen molar-refractivity contribution in [2.24, 2.45) is 5.73 Å². The number of thiophene rings is 1. The third kappa shape index (κ3) is 2.91. The molecule has 82 valence electrons. The smallest absolute Gasteiger partial charge is 0.0334 e. The van der Waals surface area contributed by atoms with Gasteiger partial charge in [-0.05, 0) is 25.0 Å². The summed E-state index contributed by atoms with van der Waals surface area (Å²) in [5.74, 6) is 0. The zero-order chi connectivity index (χ0) is 10.7. The van der Waals surface area contributed by atoms with Gasteiger partial charge in [0.15, 0.2) is 0 Å². The Labute approximate surface area is 95.4 Å². The summed E-state index contributed by atoms with van der Waals surface area (Å²) in [6, 6.07) is 5.14. The van der Waals surface area contributed by atoms with E-state index in [1.165, 1.54) is 22.6 Å². The van der Waals surface area contributed by atoms with Crippen molar-refractivity contribution >= 4 is 11.3 Å². The SMILES string of the molecule is C=CCN(Cc1ccc(CN)s1)C1CC1. The molecule has 2 N–H and O–H groups in total. The highest BCUT2D eigenvalue weighted by Crippen LogP contribution is 2.29. The van der Waals surface area contributed by atoms with Crippen LogP contribution in [0.1, 0.15) is 22.6 Å². The second kappa shape index (κ2) is 4.92. The number of rotatable bonds is 6. The largest absolute Gasteiger partial charge is 0.326 e. The normalized spacial score (nSPS) is 15.9. The minimum atomic E-state index is 0.662. The molecule has 0 bridgehead atoms. The second-order valence-electron chi connectivity index (χ2n) is 4.02. The fourth-order valence-corrected chi connectivity index (χ4v) is 2.69. The first-order chi connectivity index (χ1) is 7.33. The van der Waals surface area contributed by atoms with E-state index >= 15 is 0 Å². The van der Waals surface area contributed by atoms with E-state index < -0.39 is 0 Å². The molecular weight excluding hydrogens is 204 g/mol. The number of hydrogen-bond acceptors (Lipinski definition) is 3. The minimum Gasteiger partial charge on any atom is -0.326 e. The number of hydrogen-bond donors (Lipinski definition) is 1. The van der Waals surface area contributed by atoms with E-state index in [0.717, 1.165) is 19.1 Å². The summed E-state index contributed by atoms with van der Waals surface area (Å²) < 4.78 is 0. The highest BCUT2D eigenvalue weighted by atomic mass is 32.1. The van der Waals surface area contributed by atoms with Gasteiger partial charge in [0.25, 0.3) is 0 Å². The summed E-state index contributed by atoms with van der Waals surface area (Å²) in [4.78, 5) is 5.20. The Kier molecular flexibility index (Phi) is 3.57. The van der Waals surface area contributed by atoms with Crippen LogP contribution < -0.4 is 5.73 Å². The van der Waals surface area contributed by atoms with Gasteiger partial charge in [0, 0.05) is 35.4 Å². The quantitative estimate of drug-likeness (QED) is 0.749. The maximum atomic E-state index is 5.61. The van der Waals surface area contributed by atoms with Gasteiger partial charge in [0.1, 0.15) is 0 Å². The molecule has 1 fully saturated rings. The average molecular weight is 222 g/mol. The van der Waals surface area contributed by atoms with Gasteiger partial charge < -0.3 is 5.73 Å². The van der Waals surface area contributed by atoms with Gasteiger partial charge in [0.2, 0.25) is 0 Å². The molecule has 1 aliphatic rings. The Bertz CT molecular complexity index is 328. The van der Waals surface area contributed by atoms with Crippen LogP contribution in [0, 0.1) is 0 Å². The highest BCUT2D eigenvalue weighted by molar-refractivity contribution is 7.11. The molecule has 2 nitrogen and oxygen atoms in total. The maximum Gasteiger partial charge on any atom is 0.0334 e. The van der Waals surface area contributed by atoms with E-state index in [1.807, 2.05) is 17.4 Å². The predicted molar refractivity (Wildman–Crippen MR) is 65.8 cm³/mol. The van der Waals surface area contributed by atoms with Gasteiger partial charge in [0.05, 0.1) is 0 Å². The molecule has 1 aliphatic carbocycles. The van der Waals surface area contributed by atoms with E-state index in [1.54, 1.807) is 0 Å². The van der Waals surface area contributed by atoms with E-state index in [4.69, 9.17) is 5.73 Å². The average Bonchev–Trinajstić information content (AvgIpc) is 2.99. The summed E-state index contributed by atoms with van der Waals surface area (Å²) in [5.41, 5.74) is 5.61. The lowest BCUT2D eigenvalue weighted by molar-refractivity contribution is 0.286. The van der Waals surface area contributed by atoms with Crippen LogP contribution in [0.3, 0.4) is 0 Å². The standard InChI is InChI=1S/C12H18N2S/c1-2-7-14(10-3-4-10)9-12-6-5-11(8-13)15-12/h2,5-6,10H,1,3-4,7-9,13H2. The fourth-order valence-electron chi connectivity index (χ4n) is 1.77. The third-order valence-corrected chi connectivity index (χ3v) is 3.80. The van der Waals surface area contributed by atoms with Gasteiger partial charge in [-0.3, -0.25) is 4.90 Å². The van der Waals surface area contributed by atoms with Crippen molar-refractivity contribution in [3.05, 3.63) is 34.5 Å². The molecule has 1 saturated carbocycles. The van der Waals surface area contributed by atoms with Crippen LogP contribution in [0.25, 0.3) is 0 Å². The number of nitrogens with two attached hydrogens (primary N) is 1. The molecule has 0 aromatic carbocycles. The second-order valence-corrected chi connectivity index (χ2v) is 5.27. The molecule has 0 saturated heterocycles. The molecular formula is C12H18N2S. The molecule has 15 heavy (non-hydrogen) atoms. The summed E-state index contributed by atoms with van der Waals surface area (Å²) in [7, 11) is 0. The van der Waals surface area contributed by atoms with Crippen molar-refractivity contribution < 1.29 is 0 Å². The first kappa shape index (κ1) is 10.9. The minimum absolute atomic E-state index is 0.662. The van der Waals surface area contributed by atoms with E-state index in [-0.39, 0.29) is 0 Å². The van der Waals surface area contributed by atoms with Crippen molar-refractivity contribution in [3.63, 3.8) is 0 Å². The monoisotopic (exact) mass is 222 g/mol. The van der Waals surface area contributed by atoms with Crippen molar-refractivity contribution in [1.29, 1.82) is 0 Å². The maximum absolute atomic E-state index is 5.61. The summed E-state index contributed by atoms with van der Waals surface area (Å²) >= 11 is 1.83. The Balaban J connectivity index is 1.95. The van der Waals surface area contributed by atoms with Crippen LogP contribution in [0.15, 0.2) is 24.8 Å². The Morgan fingerprint density at radius 1 is 1.47 bits per heavy atom. The molecule has 0 aliphatic heterocycles. The fraction of sp³-hybridized carbons (Fsp3) is 0.500. The first-order valence-corrected chi connectivity index (χ1v) is 6.27. The Morgan fingerprint density at radius 3 is 2.73 bits per heavy atom. The Hall–Kier alpha value is -0.640. The summed E-state index contributed by atoms with van der Waals surface area (Å²) in [6.07, 6.45) is 4.70. The van der Waals surface area contributed by atoms with Gasteiger partial charge in [-0.25, -0.2) is 0 Å². The molecule has 0 spiro atoms. The molecule has 0 radical (unpaired) electrons. The molecule has 1 aromatic heterocycles. The third-order valence-electron chi connectivity index (χ3n) is 2.70.